The van der Waals surface area contributed by atoms with Gasteiger partial charge in [0.25, 0.3) is 0 Å². The van der Waals surface area contributed by atoms with Crippen LogP contribution in [-0.2, 0) is 4.79 Å². The van der Waals surface area contributed by atoms with Gasteiger partial charge in [-0.3, -0.25) is 4.79 Å². The second-order valence-corrected chi connectivity index (χ2v) is 3.94. The molecule has 84 valence electrons. The summed E-state index contributed by atoms with van der Waals surface area (Å²) in [4.78, 5) is 10.6. The first kappa shape index (κ1) is 11.8. The van der Waals surface area contributed by atoms with E-state index >= 15 is 0 Å². The van der Waals surface area contributed by atoms with E-state index < -0.39 is 5.97 Å². The number of aliphatic hydroxyl groups excluding tert-OH is 1. The Morgan fingerprint density at radius 3 is 2.93 bits per heavy atom. The van der Waals surface area contributed by atoms with Gasteiger partial charge < -0.3 is 10.2 Å². The van der Waals surface area contributed by atoms with Crippen molar-refractivity contribution in [3.63, 3.8) is 0 Å². The Kier molecular flexibility index (Phi) is 4.40. The van der Waals surface area contributed by atoms with Gasteiger partial charge in [0, 0.05) is 12.3 Å². The standard InChI is InChI=1S/C12H18O3/c1-2-3-4-5-10-9(8-12(14)15)6-7-11(10)13/h3-4,7,9-10,13H,2,5-6,8H2,1H3,(H,14,15)/b4-3-/t9-,10-/m1/s1. The summed E-state index contributed by atoms with van der Waals surface area (Å²) in [6.45, 7) is 2.05. The lowest BCUT2D eigenvalue weighted by molar-refractivity contribution is -0.138. The van der Waals surface area contributed by atoms with Crippen LogP contribution >= 0.6 is 0 Å². The van der Waals surface area contributed by atoms with Gasteiger partial charge in [-0.1, -0.05) is 19.1 Å². The van der Waals surface area contributed by atoms with Gasteiger partial charge in [0.15, 0.2) is 0 Å². The molecule has 15 heavy (non-hydrogen) atoms. The summed E-state index contributed by atoms with van der Waals surface area (Å²) in [6, 6.07) is 0. The van der Waals surface area contributed by atoms with Crippen molar-refractivity contribution in [3.05, 3.63) is 24.0 Å². The van der Waals surface area contributed by atoms with Gasteiger partial charge in [0.2, 0.25) is 0 Å². The third kappa shape index (κ3) is 3.42. The minimum Gasteiger partial charge on any atom is -0.512 e. The molecule has 0 heterocycles. The Morgan fingerprint density at radius 2 is 2.33 bits per heavy atom. The van der Waals surface area contributed by atoms with Crippen LogP contribution < -0.4 is 0 Å². The van der Waals surface area contributed by atoms with Crippen molar-refractivity contribution < 1.29 is 15.0 Å². The molecule has 0 saturated heterocycles. The molecule has 0 amide bonds. The Morgan fingerprint density at radius 1 is 1.60 bits per heavy atom. The number of aliphatic hydroxyl groups is 1. The van der Waals surface area contributed by atoms with Crippen LogP contribution in [0.2, 0.25) is 0 Å². The van der Waals surface area contributed by atoms with E-state index in [1.807, 2.05) is 12.2 Å². The van der Waals surface area contributed by atoms with Crippen LogP contribution in [0.5, 0.6) is 0 Å². The zero-order valence-corrected chi connectivity index (χ0v) is 9.02. The lowest BCUT2D eigenvalue weighted by Gasteiger charge is -2.17. The van der Waals surface area contributed by atoms with Crippen LogP contribution in [0.25, 0.3) is 0 Å². The molecule has 0 unspecified atom stereocenters. The predicted octanol–water partition coefficient (Wildman–Crippen LogP) is 2.90. The van der Waals surface area contributed by atoms with Gasteiger partial charge in [0.1, 0.15) is 0 Å². The van der Waals surface area contributed by atoms with E-state index in [-0.39, 0.29) is 18.3 Å². The Bertz CT molecular complexity index is 279. The maximum absolute atomic E-state index is 10.6. The highest BCUT2D eigenvalue weighted by molar-refractivity contribution is 5.67. The van der Waals surface area contributed by atoms with Gasteiger partial charge in [-0.2, -0.15) is 0 Å². The third-order valence-corrected chi connectivity index (χ3v) is 2.81. The summed E-state index contributed by atoms with van der Waals surface area (Å²) in [5, 5.41) is 18.3. The van der Waals surface area contributed by atoms with Crippen LogP contribution in [0.1, 0.15) is 32.6 Å². The Hall–Kier alpha value is -1.25. The van der Waals surface area contributed by atoms with Crippen LogP contribution in [0, 0.1) is 11.8 Å². The van der Waals surface area contributed by atoms with Crippen molar-refractivity contribution in [2.45, 2.75) is 32.6 Å². The van der Waals surface area contributed by atoms with Crippen LogP contribution in [0.3, 0.4) is 0 Å². The summed E-state index contributed by atoms with van der Waals surface area (Å²) in [7, 11) is 0. The molecule has 0 aromatic heterocycles. The molecule has 0 aliphatic heterocycles. The van der Waals surface area contributed by atoms with Gasteiger partial charge in [-0.05, 0) is 31.3 Å². The minimum atomic E-state index is -0.785. The van der Waals surface area contributed by atoms with Gasteiger partial charge in [-0.25, -0.2) is 0 Å². The highest BCUT2D eigenvalue weighted by Crippen LogP contribution is 2.35. The molecule has 0 saturated carbocycles. The van der Waals surface area contributed by atoms with Crippen LogP contribution in [-0.4, -0.2) is 16.2 Å². The number of carbonyl (C=O) groups is 1. The number of hydrogen-bond acceptors (Lipinski definition) is 2. The van der Waals surface area contributed by atoms with E-state index in [2.05, 4.69) is 6.92 Å². The van der Waals surface area contributed by atoms with Crippen LogP contribution in [0.15, 0.2) is 24.0 Å². The molecule has 0 aromatic carbocycles. The number of hydrogen-bond donors (Lipinski definition) is 2. The molecule has 0 fully saturated rings. The van der Waals surface area contributed by atoms with E-state index in [1.54, 1.807) is 6.08 Å². The lowest BCUT2D eigenvalue weighted by atomic mass is 9.89. The SMILES string of the molecule is CC/C=C\C[C@H]1C(O)=CC[C@@H]1CC(=O)O. The molecule has 1 rings (SSSR count). The summed E-state index contributed by atoms with van der Waals surface area (Å²) in [5.74, 6) is -0.359. The molecule has 0 bridgehead atoms. The molecule has 0 radical (unpaired) electrons. The van der Waals surface area contributed by atoms with Crippen molar-refractivity contribution in [1.82, 2.24) is 0 Å². The van der Waals surface area contributed by atoms with Crippen molar-refractivity contribution in [3.8, 4) is 0 Å². The number of aliphatic carboxylic acids is 1. The topological polar surface area (TPSA) is 57.5 Å². The monoisotopic (exact) mass is 210 g/mol. The fraction of sp³-hybridized carbons (Fsp3) is 0.583. The molecule has 0 spiro atoms. The lowest BCUT2D eigenvalue weighted by Crippen LogP contribution is -2.15. The quantitative estimate of drug-likeness (QED) is 0.686. The summed E-state index contributed by atoms with van der Waals surface area (Å²) in [5.41, 5.74) is 0. The largest absolute Gasteiger partial charge is 0.512 e. The first-order valence-corrected chi connectivity index (χ1v) is 5.41. The number of allylic oxidation sites excluding steroid dienone is 4. The maximum Gasteiger partial charge on any atom is 0.303 e. The highest BCUT2D eigenvalue weighted by atomic mass is 16.4. The molecule has 3 nitrogen and oxygen atoms in total. The molecular formula is C12H18O3. The molecule has 2 atom stereocenters. The maximum atomic E-state index is 10.6. The van der Waals surface area contributed by atoms with Gasteiger partial charge in [-0.15, -0.1) is 0 Å². The predicted molar refractivity (Wildman–Crippen MR) is 58.6 cm³/mol. The fourth-order valence-corrected chi connectivity index (χ4v) is 2.00. The van der Waals surface area contributed by atoms with E-state index in [0.29, 0.717) is 12.2 Å². The normalized spacial score (nSPS) is 25.8. The van der Waals surface area contributed by atoms with E-state index in [1.165, 1.54) is 0 Å². The first-order valence-electron chi connectivity index (χ1n) is 5.41. The number of rotatable bonds is 5. The minimum absolute atomic E-state index is 0.00361. The van der Waals surface area contributed by atoms with Gasteiger partial charge in [0.05, 0.1) is 5.76 Å². The molecular weight excluding hydrogens is 192 g/mol. The number of carboxylic acid groups (broad SMARTS) is 1. The zero-order valence-electron chi connectivity index (χ0n) is 9.02. The smallest absolute Gasteiger partial charge is 0.303 e. The highest BCUT2D eigenvalue weighted by Gasteiger charge is 2.30. The molecule has 0 aromatic rings. The Balaban J connectivity index is 2.52. The summed E-state index contributed by atoms with van der Waals surface area (Å²) >= 11 is 0. The average Bonchev–Trinajstić information content (AvgIpc) is 2.49. The van der Waals surface area contributed by atoms with E-state index in [4.69, 9.17) is 5.11 Å². The van der Waals surface area contributed by atoms with Gasteiger partial charge >= 0.3 is 5.97 Å². The Labute approximate surface area is 90.1 Å². The van der Waals surface area contributed by atoms with Crippen molar-refractivity contribution in [1.29, 1.82) is 0 Å². The second-order valence-electron chi connectivity index (χ2n) is 3.94. The van der Waals surface area contributed by atoms with Crippen LogP contribution in [0.4, 0.5) is 0 Å². The summed E-state index contributed by atoms with van der Waals surface area (Å²) in [6.07, 6.45) is 8.36. The second kappa shape index (κ2) is 5.59. The third-order valence-electron chi connectivity index (χ3n) is 2.81. The molecule has 1 aliphatic carbocycles. The average molecular weight is 210 g/mol. The van der Waals surface area contributed by atoms with Crippen molar-refractivity contribution in [2.75, 3.05) is 0 Å². The zero-order chi connectivity index (χ0) is 11.3. The first-order chi connectivity index (χ1) is 7.15. The van der Waals surface area contributed by atoms with Crippen molar-refractivity contribution >= 4 is 5.97 Å². The van der Waals surface area contributed by atoms with E-state index in [0.717, 1.165) is 12.8 Å². The van der Waals surface area contributed by atoms with E-state index in [9.17, 15) is 9.90 Å². The summed E-state index contributed by atoms with van der Waals surface area (Å²) < 4.78 is 0. The molecule has 3 heteroatoms. The number of carboxylic acids is 1. The molecule has 1 aliphatic rings. The molecule has 2 N–H and O–H groups in total. The fourth-order valence-electron chi connectivity index (χ4n) is 2.00. The van der Waals surface area contributed by atoms with Crippen molar-refractivity contribution in [2.24, 2.45) is 11.8 Å².